The molecule has 1 rings (SSSR count). The second-order valence-electron chi connectivity index (χ2n) is 3.41. The second-order valence-corrected chi connectivity index (χ2v) is 3.41. The summed E-state index contributed by atoms with van der Waals surface area (Å²) < 4.78 is 10.7. The quantitative estimate of drug-likeness (QED) is 0.694. The SMILES string of the molecule is CCCOCCc1nnc(C(N)CC)o1. The first-order valence-electron chi connectivity index (χ1n) is 5.43. The zero-order valence-electron chi connectivity index (χ0n) is 9.40. The van der Waals surface area contributed by atoms with Gasteiger partial charge in [-0.1, -0.05) is 13.8 Å². The minimum atomic E-state index is -0.150. The minimum absolute atomic E-state index is 0.150. The fourth-order valence-electron chi connectivity index (χ4n) is 1.10. The summed E-state index contributed by atoms with van der Waals surface area (Å²) in [5.74, 6) is 1.12. The molecule has 0 aromatic carbocycles. The number of ether oxygens (including phenoxy) is 1. The molecule has 0 saturated heterocycles. The Hall–Kier alpha value is -0.940. The highest BCUT2D eigenvalue weighted by Gasteiger charge is 2.11. The van der Waals surface area contributed by atoms with Crippen molar-refractivity contribution in [2.45, 2.75) is 39.2 Å². The smallest absolute Gasteiger partial charge is 0.233 e. The van der Waals surface area contributed by atoms with E-state index < -0.39 is 0 Å². The van der Waals surface area contributed by atoms with Gasteiger partial charge in [0.05, 0.1) is 12.6 Å². The maximum atomic E-state index is 5.76. The van der Waals surface area contributed by atoms with Crippen LogP contribution < -0.4 is 5.73 Å². The fraction of sp³-hybridized carbons (Fsp3) is 0.800. The van der Waals surface area contributed by atoms with E-state index in [9.17, 15) is 0 Å². The van der Waals surface area contributed by atoms with Crippen LogP contribution in [0.2, 0.25) is 0 Å². The van der Waals surface area contributed by atoms with Crippen LogP contribution in [-0.2, 0) is 11.2 Å². The van der Waals surface area contributed by atoms with Crippen LogP contribution in [0.1, 0.15) is 44.5 Å². The monoisotopic (exact) mass is 213 g/mol. The third-order valence-electron chi connectivity index (χ3n) is 2.05. The van der Waals surface area contributed by atoms with Crippen molar-refractivity contribution in [3.8, 4) is 0 Å². The predicted octanol–water partition coefficient (Wildman–Crippen LogP) is 1.45. The van der Waals surface area contributed by atoms with Crippen LogP contribution in [0.15, 0.2) is 4.42 Å². The largest absolute Gasteiger partial charge is 0.423 e. The molecule has 0 saturated carbocycles. The van der Waals surface area contributed by atoms with Crippen molar-refractivity contribution < 1.29 is 9.15 Å². The standard InChI is InChI=1S/C10H19N3O2/c1-3-6-14-7-5-9-12-13-10(15-9)8(11)4-2/h8H,3-7,11H2,1-2H3. The summed E-state index contributed by atoms with van der Waals surface area (Å²) in [5, 5.41) is 7.79. The molecule has 2 N–H and O–H groups in total. The normalized spacial score (nSPS) is 13.0. The van der Waals surface area contributed by atoms with Crippen LogP contribution in [0.5, 0.6) is 0 Å². The van der Waals surface area contributed by atoms with Crippen LogP contribution >= 0.6 is 0 Å². The number of hydrogen-bond acceptors (Lipinski definition) is 5. The minimum Gasteiger partial charge on any atom is -0.423 e. The molecule has 15 heavy (non-hydrogen) atoms. The lowest BCUT2D eigenvalue weighted by Crippen LogP contribution is -2.08. The Labute approximate surface area is 90.0 Å². The van der Waals surface area contributed by atoms with Gasteiger partial charge in [0.15, 0.2) is 0 Å². The average Bonchev–Trinajstić information content (AvgIpc) is 2.72. The zero-order chi connectivity index (χ0) is 11.1. The molecule has 5 nitrogen and oxygen atoms in total. The Kier molecular flexibility index (Phi) is 5.28. The lowest BCUT2D eigenvalue weighted by atomic mass is 10.2. The molecule has 0 aliphatic carbocycles. The van der Waals surface area contributed by atoms with E-state index in [1.165, 1.54) is 0 Å². The molecule has 0 fully saturated rings. The van der Waals surface area contributed by atoms with Crippen LogP contribution in [0.4, 0.5) is 0 Å². The summed E-state index contributed by atoms with van der Waals surface area (Å²) in [7, 11) is 0. The van der Waals surface area contributed by atoms with Crippen molar-refractivity contribution in [1.29, 1.82) is 0 Å². The first kappa shape index (κ1) is 12.1. The van der Waals surface area contributed by atoms with Crippen molar-refractivity contribution >= 4 is 0 Å². The van der Waals surface area contributed by atoms with E-state index in [4.69, 9.17) is 14.9 Å². The van der Waals surface area contributed by atoms with Crippen molar-refractivity contribution in [2.75, 3.05) is 13.2 Å². The molecule has 1 aromatic heterocycles. The predicted molar refractivity (Wildman–Crippen MR) is 56.3 cm³/mol. The van der Waals surface area contributed by atoms with Gasteiger partial charge in [-0.05, 0) is 12.8 Å². The highest BCUT2D eigenvalue weighted by atomic mass is 16.5. The van der Waals surface area contributed by atoms with Gasteiger partial charge < -0.3 is 14.9 Å². The lowest BCUT2D eigenvalue weighted by Gasteiger charge is -2.00. The van der Waals surface area contributed by atoms with Crippen molar-refractivity contribution in [3.05, 3.63) is 11.8 Å². The van der Waals surface area contributed by atoms with E-state index in [0.717, 1.165) is 19.4 Å². The van der Waals surface area contributed by atoms with E-state index in [1.807, 2.05) is 6.92 Å². The molecule has 1 heterocycles. The average molecular weight is 213 g/mol. The van der Waals surface area contributed by atoms with Gasteiger partial charge in [-0.3, -0.25) is 0 Å². The second kappa shape index (κ2) is 6.53. The Morgan fingerprint density at radius 3 is 2.80 bits per heavy atom. The van der Waals surface area contributed by atoms with Gasteiger partial charge in [-0.2, -0.15) is 0 Å². The fourth-order valence-corrected chi connectivity index (χ4v) is 1.10. The number of hydrogen-bond donors (Lipinski definition) is 1. The number of nitrogens with two attached hydrogens (primary N) is 1. The molecule has 0 bridgehead atoms. The van der Waals surface area contributed by atoms with Crippen LogP contribution in [0, 0.1) is 0 Å². The van der Waals surface area contributed by atoms with Gasteiger partial charge in [0.2, 0.25) is 11.8 Å². The van der Waals surface area contributed by atoms with Gasteiger partial charge in [0, 0.05) is 13.0 Å². The first-order chi connectivity index (χ1) is 7.27. The molecule has 0 aliphatic rings. The summed E-state index contributed by atoms with van der Waals surface area (Å²) >= 11 is 0. The molecule has 0 radical (unpaired) electrons. The molecule has 1 aromatic rings. The van der Waals surface area contributed by atoms with Crippen LogP contribution in [0.3, 0.4) is 0 Å². The summed E-state index contributed by atoms with van der Waals surface area (Å²) in [5.41, 5.74) is 5.76. The van der Waals surface area contributed by atoms with Gasteiger partial charge in [-0.15, -0.1) is 10.2 Å². The van der Waals surface area contributed by atoms with Gasteiger partial charge in [0.1, 0.15) is 0 Å². The topological polar surface area (TPSA) is 74.2 Å². The number of aromatic nitrogens is 2. The number of rotatable bonds is 7. The number of nitrogens with zero attached hydrogens (tertiary/aromatic N) is 2. The Bertz CT molecular complexity index is 275. The Balaban J connectivity index is 2.33. The van der Waals surface area contributed by atoms with Crippen LogP contribution in [0.25, 0.3) is 0 Å². The first-order valence-corrected chi connectivity index (χ1v) is 5.43. The third-order valence-corrected chi connectivity index (χ3v) is 2.05. The summed E-state index contributed by atoms with van der Waals surface area (Å²) in [6.45, 7) is 5.45. The van der Waals surface area contributed by atoms with Gasteiger partial charge >= 0.3 is 0 Å². The summed E-state index contributed by atoms with van der Waals surface area (Å²) in [6.07, 6.45) is 2.48. The van der Waals surface area contributed by atoms with Crippen molar-refractivity contribution in [1.82, 2.24) is 10.2 Å². The third kappa shape index (κ3) is 3.97. The highest BCUT2D eigenvalue weighted by Crippen LogP contribution is 2.11. The maximum Gasteiger partial charge on any atom is 0.233 e. The zero-order valence-corrected chi connectivity index (χ0v) is 9.40. The van der Waals surface area contributed by atoms with Crippen molar-refractivity contribution in [3.63, 3.8) is 0 Å². The molecular weight excluding hydrogens is 194 g/mol. The molecule has 1 atom stereocenters. The van der Waals surface area contributed by atoms with E-state index >= 15 is 0 Å². The van der Waals surface area contributed by atoms with Gasteiger partial charge in [0.25, 0.3) is 0 Å². The van der Waals surface area contributed by atoms with Gasteiger partial charge in [-0.25, -0.2) is 0 Å². The Morgan fingerprint density at radius 1 is 1.33 bits per heavy atom. The van der Waals surface area contributed by atoms with E-state index in [2.05, 4.69) is 17.1 Å². The highest BCUT2D eigenvalue weighted by molar-refractivity contribution is 4.87. The van der Waals surface area contributed by atoms with Crippen molar-refractivity contribution in [2.24, 2.45) is 5.73 Å². The van der Waals surface area contributed by atoms with E-state index in [-0.39, 0.29) is 6.04 Å². The summed E-state index contributed by atoms with van der Waals surface area (Å²) in [6, 6.07) is -0.150. The molecule has 1 unspecified atom stereocenters. The lowest BCUT2D eigenvalue weighted by molar-refractivity contribution is 0.133. The van der Waals surface area contributed by atoms with E-state index in [0.29, 0.717) is 24.8 Å². The molecule has 5 heteroatoms. The molecule has 0 spiro atoms. The maximum absolute atomic E-state index is 5.76. The summed E-state index contributed by atoms with van der Waals surface area (Å²) in [4.78, 5) is 0. The molecular formula is C10H19N3O2. The molecule has 0 aliphatic heterocycles. The van der Waals surface area contributed by atoms with Crippen LogP contribution in [-0.4, -0.2) is 23.4 Å². The molecule has 0 amide bonds. The Morgan fingerprint density at radius 2 is 2.13 bits per heavy atom. The molecule has 86 valence electrons. The van der Waals surface area contributed by atoms with E-state index in [1.54, 1.807) is 0 Å².